The van der Waals surface area contributed by atoms with E-state index in [0.717, 1.165) is 27.8 Å². The number of halogens is 1. The molecule has 0 saturated carbocycles. The fourth-order valence-corrected chi connectivity index (χ4v) is 3.19. The third kappa shape index (κ3) is 2.97. The fourth-order valence-electron chi connectivity index (χ4n) is 2.15. The second-order valence-corrected chi connectivity index (χ2v) is 5.86. The van der Waals surface area contributed by atoms with Crippen LogP contribution in [0.15, 0.2) is 21.6 Å². The molecule has 1 aromatic rings. The van der Waals surface area contributed by atoms with Crippen molar-refractivity contribution in [1.82, 2.24) is 5.32 Å². The van der Waals surface area contributed by atoms with Crippen molar-refractivity contribution in [2.75, 3.05) is 17.7 Å². The molecule has 1 heterocycles. The van der Waals surface area contributed by atoms with Crippen molar-refractivity contribution in [2.45, 2.75) is 13.3 Å². The Morgan fingerprint density at radius 2 is 2.35 bits per heavy atom. The molecule has 0 fully saturated rings. The zero-order chi connectivity index (χ0) is 14.7. The van der Waals surface area contributed by atoms with Gasteiger partial charge in [-0.3, -0.25) is 10.1 Å². The van der Waals surface area contributed by atoms with Gasteiger partial charge in [-0.15, -0.1) is 0 Å². The maximum absolute atomic E-state index is 11.6. The number of anilines is 1. The van der Waals surface area contributed by atoms with Gasteiger partial charge in [0.15, 0.2) is 11.4 Å². The van der Waals surface area contributed by atoms with Gasteiger partial charge >= 0.3 is 0 Å². The molecule has 1 aliphatic heterocycles. The predicted octanol–water partition coefficient (Wildman–Crippen LogP) is 2.78. The van der Waals surface area contributed by atoms with Crippen LogP contribution in [0.2, 0.25) is 0 Å². The van der Waals surface area contributed by atoms with E-state index in [0.29, 0.717) is 11.7 Å². The lowest BCUT2D eigenvalue weighted by molar-refractivity contribution is -0.116. The van der Waals surface area contributed by atoms with E-state index >= 15 is 0 Å². The lowest BCUT2D eigenvalue weighted by Crippen LogP contribution is -2.26. The SMILES string of the molecule is CSC(=Nc1cc(Br)c2c(c1)CCN2C(C)=O)NC#N. The Morgan fingerprint density at radius 1 is 1.60 bits per heavy atom. The third-order valence-corrected chi connectivity index (χ3v) is 4.15. The monoisotopic (exact) mass is 352 g/mol. The average molecular weight is 353 g/mol. The van der Waals surface area contributed by atoms with Crippen LogP contribution in [-0.4, -0.2) is 23.9 Å². The summed E-state index contributed by atoms with van der Waals surface area (Å²) in [4.78, 5) is 17.7. The number of carbonyl (C=O) groups excluding carboxylic acids is 1. The highest BCUT2D eigenvalue weighted by Gasteiger charge is 2.25. The van der Waals surface area contributed by atoms with Crippen molar-refractivity contribution >= 4 is 50.1 Å². The van der Waals surface area contributed by atoms with Crippen LogP contribution < -0.4 is 10.2 Å². The summed E-state index contributed by atoms with van der Waals surface area (Å²) < 4.78 is 0.846. The van der Waals surface area contributed by atoms with E-state index in [1.807, 2.05) is 24.6 Å². The van der Waals surface area contributed by atoms with Crippen LogP contribution in [0.25, 0.3) is 0 Å². The number of rotatable bonds is 1. The molecule has 0 saturated heterocycles. The Bertz CT molecular complexity index is 624. The first-order chi connectivity index (χ1) is 9.56. The van der Waals surface area contributed by atoms with Crippen LogP contribution >= 0.6 is 27.7 Å². The molecule has 1 aliphatic rings. The molecular weight excluding hydrogens is 340 g/mol. The van der Waals surface area contributed by atoms with Crippen molar-refractivity contribution < 1.29 is 4.79 Å². The zero-order valence-electron chi connectivity index (χ0n) is 11.1. The number of nitrogens with one attached hydrogen (secondary N) is 1. The van der Waals surface area contributed by atoms with E-state index in [1.165, 1.54) is 11.8 Å². The number of amidine groups is 1. The van der Waals surface area contributed by atoms with Gasteiger partial charge in [0.25, 0.3) is 0 Å². The standard InChI is InChI=1S/C13H13BrN4OS/c1-8(19)18-4-3-9-5-10(6-11(14)12(9)18)17-13(20-2)16-7-15/h5-6H,3-4H2,1-2H3,(H,16,17). The number of aliphatic imine (C=N–C) groups is 1. The molecule has 1 amide bonds. The molecule has 20 heavy (non-hydrogen) atoms. The minimum Gasteiger partial charge on any atom is -0.311 e. The lowest BCUT2D eigenvalue weighted by atomic mass is 10.1. The molecule has 5 nitrogen and oxygen atoms in total. The minimum atomic E-state index is 0.0386. The van der Waals surface area contributed by atoms with Gasteiger partial charge in [-0.2, -0.15) is 5.26 Å². The van der Waals surface area contributed by atoms with Gasteiger partial charge in [0.1, 0.15) is 0 Å². The summed E-state index contributed by atoms with van der Waals surface area (Å²) in [6.07, 6.45) is 4.53. The van der Waals surface area contributed by atoms with Crippen molar-refractivity contribution in [3.63, 3.8) is 0 Å². The summed E-state index contributed by atoms with van der Waals surface area (Å²) in [5, 5.41) is 11.7. The first kappa shape index (κ1) is 14.9. The van der Waals surface area contributed by atoms with Crippen LogP contribution in [0.4, 0.5) is 11.4 Å². The van der Waals surface area contributed by atoms with Gasteiger partial charge in [0.2, 0.25) is 5.91 Å². The molecule has 104 valence electrons. The van der Waals surface area contributed by atoms with E-state index in [-0.39, 0.29) is 5.91 Å². The fraction of sp³-hybridized carbons (Fsp3) is 0.308. The highest BCUT2D eigenvalue weighted by Crippen LogP contribution is 2.39. The van der Waals surface area contributed by atoms with E-state index in [9.17, 15) is 4.79 Å². The third-order valence-electron chi connectivity index (χ3n) is 2.97. The quantitative estimate of drug-likeness (QED) is 0.365. The van der Waals surface area contributed by atoms with Crippen LogP contribution in [0.3, 0.4) is 0 Å². The van der Waals surface area contributed by atoms with Gasteiger partial charge in [-0.1, -0.05) is 11.8 Å². The number of benzene rings is 1. The molecule has 1 N–H and O–H groups in total. The molecule has 0 aliphatic carbocycles. The largest absolute Gasteiger partial charge is 0.311 e. The van der Waals surface area contributed by atoms with E-state index < -0.39 is 0 Å². The molecule has 0 radical (unpaired) electrons. The molecule has 0 aromatic heterocycles. The number of nitriles is 1. The van der Waals surface area contributed by atoms with Crippen molar-refractivity contribution in [2.24, 2.45) is 4.99 Å². The normalized spacial score (nSPS) is 13.9. The Kier molecular flexibility index (Phi) is 4.68. The molecule has 7 heteroatoms. The van der Waals surface area contributed by atoms with Gasteiger partial charge in [-0.05, 0) is 46.3 Å². The van der Waals surface area contributed by atoms with Crippen LogP contribution in [0.5, 0.6) is 0 Å². The summed E-state index contributed by atoms with van der Waals surface area (Å²) in [7, 11) is 0. The van der Waals surface area contributed by atoms with E-state index in [1.54, 1.807) is 11.8 Å². The summed E-state index contributed by atoms with van der Waals surface area (Å²) >= 11 is 4.87. The Labute approximate surface area is 130 Å². The number of amides is 1. The topological polar surface area (TPSA) is 68.5 Å². The van der Waals surface area contributed by atoms with Crippen LogP contribution in [0.1, 0.15) is 12.5 Å². The van der Waals surface area contributed by atoms with Gasteiger partial charge in [0.05, 0.1) is 11.4 Å². The Hall–Kier alpha value is -1.52. The molecular formula is C13H13BrN4OS. The summed E-state index contributed by atoms with van der Waals surface area (Å²) in [6, 6.07) is 3.81. The van der Waals surface area contributed by atoms with Crippen LogP contribution in [0, 0.1) is 11.5 Å². The Balaban J connectivity index is 2.40. The predicted molar refractivity (Wildman–Crippen MR) is 85.2 cm³/mol. The number of hydrogen-bond donors (Lipinski definition) is 1. The maximum Gasteiger partial charge on any atom is 0.223 e. The zero-order valence-corrected chi connectivity index (χ0v) is 13.5. The smallest absolute Gasteiger partial charge is 0.223 e. The molecule has 0 spiro atoms. The Morgan fingerprint density at radius 3 is 2.95 bits per heavy atom. The van der Waals surface area contributed by atoms with Crippen molar-refractivity contribution in [3.05, 3.63) is 22.2 Å². The second kappa shape index (κ2) is 6.29. The summed E-state index contributed by atoms with van der Waals surface area (Å²) in [5.74, 6) is 0.0386. The minimum absolute atomic E-state index is 0.0386. The maximum atomic E-state index is 11.6. The van der Waals surface area contributed by atoms with Crippen molar-refractivity contribution in [3.8, 4) is 6.19 Å². The second-order valence-electron chi connectivity index (χ2n) is 4.21. The number of thioether (sulfide) groups is 1. The van der Waals surface area contributed by atoms with E-state index in [4.69, 9.17) is 5.26 Å². The van der Waals surface area contributed by atoms with Gasteiger partial charge < -0.3 is 4.90 Å². The first-order valence-electron chi connectivity index (χ1n) is 5.95. The highest BCUT2D eigenvalue weighted by molar-refractivity contribution is 9.10. The van der Waals surface area contributed by atoms with Gasteiger partial charge in [0, 0.05) is 17.9 Å². The highest BCUT2D eigenvalue weighted by atomic mass is 79.9. The average Bonchev–Trinajstić information content (AvgIpc) is 2.82. The molecule has 2 rings (SSSR count). The lowest BCUT2D eigenvalue weighted by Gasteiger charge is -2.16. The van der Waals surface area contributed by atoms with E-state index in [2.05, 4.69) is 26.2 Å². The number of nitrogens with zero attached hydrogens (tertiary/aromatic N) is 3. The molecule has 1 aromatic carbocycles. The first-order valence-corrected chi connectivity index (χ1v) is 7.97. The number of carbonyl (C=O) groups is 1. The molecule has 0 bridgehead atoms. The van der Waals surface area contributed by atoms with Crippen molar-refractivity contribution in [1.29, 1.82) is 5.26 Å². The van der Waals surface area contributed by atoms with Crippen LogP contribution in [-0.2, 0) is 11.2 Å². The molecule has 0 atom stereocenters. The summed E-state index contributed by atoms with van der Waals surface area (Å²) in [5.41, 5.74) is 2.77. The molecule has 0 unspecified atom stereocenters. The number of fused-ring (bicyclic) bond motifs is 1. The summed E-state index contributed by atoms with van der Waals surface area (Å²) in [6.45, 7) is 2.26. The van der Waals surface area contributed by atoms with Gasteiger partial charge in [-0.25, -0.2) is 4.99 Å². The number of hydrogen-bond acceptors (Lipinski definition) is 4.